The van der Waals surface area contributed by atoms with Gasteiger partial charge in [0.05, 0.1) is 13.2 Å². The Morgan fingerprint density at radius 2 is 1.96 bits per heavy atom. The molecule has 0 spiro atoms. The summed E-state index contributed by atoms with van der Waals surface area (Å²) in [6.45, 7) is 3.66. The smallest absolute Gasteiger partial charge is 0.221 e. The first-order chi connectivity index (χ1) is 12.7. The van der Waals surface area contributed by atoms with E-state index in [1.807, 2.05) is 30.3 Å². The quantitative estimate of drug-likeness (QED) is 0.810. The first-order valence-corrected chi connectivity index (χ1v) is 9.45. The van der Waals surface area contributed by atoms with E-state index < -0.39 is 0 Å². The van der Waals surface area contributed by atoms with Gasteiger partial charge in [0.1, 0.15) is 0 Å². The number of hydrogen-bond donors (Lipinski definition) is 1. The molecule has 4 nitrogen and oxygen atoms in total. The van der Waals surface area contributed by atoms with Crippen molar-refractivity contribution < 1.29 is 9.53 Å². The summed E-state index contributed by atoms with van der Waals surface area (Å²) in [7, 11) is 0. The Morgan fingerprint density at radius 3 is 2.77 bits per heavy atom. The van der Waals surface area contributed by atoms with Crippen LogP contribution in [-0.2, 0) is 22.5 Å². The number of nitrogens with one attached hydrogen (secondary N) is 1. The van der Waals surface area contributed by atoms with Crippen molar-refractivity contribution in [3.05, 3.63) is 70.7 Å². The topological polar surface area (TPSA) is 41.6 Å². The van der Waals surface area contributed by atoms with Crippen molar-refractivity contribution in [3.63, 3.8) is 0 Å². The summed E-state index contributed by atoms with van der Waals surface area (Å²) in [5, 5.41) is 3.67. The lowest BCUT2D eigenvalue weighted by atomic mass is 10.1. The van der Waals surface area contributed by atoms with E-state index in [9.17, 15) is 4.79 Å². The highest BCUT2D eigenvalue weighted by Crippen LogP contribution is 2.13. The van der Waals surface area contributed by atoms with Crippen molar-refractivity contribution in [1.29, 1.82) is 0 Å². The molecule has 2 aromatic carbocycles. The summed E-state index contributed by atoms with van der Waals surface area (Å²) in [4.78, 5) is 14.7. The van der Waals surface area contributed by atoms with E-state index >= 15 is 0 Å². The molecule has 5 heteroatoms. The molecule has 1 amide bonds. The van der Waals surface area contributed by atoms with E-state index in [4.69, 9.17) is 16.3 Å². The standard InChI is InChI=1S/C21H25ClN2O2/c22-19-8-4-7-18(13-19)15-23-21(25)14-20-16-26-12-11-24(20)10-9-17-5-2-1-3-6-17/h1-8,13,20H,9-12,14-16H2,(H,23,25)/t20-/m0/s1. The fourth-order valence-electron chi connectivity index (χ4n) is 3.22. The largest absolute Gasteiger partial charge is 0.378 e. The average Bonchev–Trinajstić information content (AvgIpc) is 2.67. The molecule has 138 valence electrons. The molecule has 0 aromatic heterocycles. The van der Waals surface area contributed by atoms with Crippen molar-refractivity contribution in [1.82, 2.24) is 10.2 Å². The zero-order chi connectivity index (χ0) is 18.2. The Hall–Kier alpha value is -1.88. The normalized spacial score (nSPS) is 17.8. The van der Waals surface area contributed by atoms with Gasteiger partial charge in [0.25, 0.3) is 0 Å². The molecule has 1 aliphatic heterocycles. The second kappa shape index (κ2) is 9.72. The molecule has 0 unspecified atom stereocenters. The van der Waals surface area contributed by atoms with Crippen LogP contribution in [0.25, 0.3) is 0 Å². The summed E-state index contributed by atoms with van der Waals surface area (Å²) >= 11 is 5.98. The molecular weight excluding hydrogens is 348 g/mol. The molecule has 0 bridgehead atoms. The summed E-state index contributed by atoms with van der Waals surface area (Å²) in [6.07, 6.45) is 1.44. The molecule has 1 atom stereocenters. The van der Waals surface area contributed by atoms with Gasteiger partial charge in [0, 0.05) is 37.1 Å². The maximum absolute atomic E-state index is 12.4. The summed E-state index contributed by atoms with van der Waals surface area (Å²) in [6, 6.07) is 18.1. The number of benzene rings is 2. The minimum Gasteiger partial charge on any atom is -0.378 e. The van der Waals surface area contributed by atoms with Gasteiger partial charge in [0.2, 0.25) is 5.91 Å². The Balaban J connectivity index is 1.48. The van der Waals surface area contributed by atoms with Gasteiger partial charge in [-0.05, 0) is 29.7 Å². The number of morpholine rings is 1. The van der Waals surface area contributed by atoms with Crippen molar-refractivity contribution in [2.75, 3.05) is 26.3 Å². The van der Waals surface area contributed by atoms with Crippen LogP contribution < -0.4 is 5.32 Å². The van der Waals surface area contributed by atoms with E-state index in [0.717, 1.165) is 31.7 Å². The van der Waals surface area contributed by atoms with E-state index in [1.54, 1.807) is 0 Å². The maximum Gasteiger partial charge on any atom is 0.221 e. The molecule has 3 rings (SSSR count). The van der Waals surface area contributed by atoms with Gasteiger partial charge in [-0.3, -0.25) is 9.69 Å². The lowest BCUT2D eigenvalue weighted by molar-refractivity contribution is -0.124. The molecule has 2 aromatic rings. The van der Waals surface area contributed by atoms with Crippen LogP contribution in [0, 0.1) is 0 Å². The molecule has 1 heterocycles. The minimum atomic E-state index is 0.0465. The van der Waals surface area contributed by atoms with E-state index in [0.29, 0.717) is 24.6 Å². The molecule has 0 radical (unpaired) electrons. The summed E-state index contributed by atoms with van der Waals surface area (Å²) < 4.78 is 5.60. The van der Waals surface area contributed by atoms with Gasteiger partial charge >= 0.3 is 0 Å². The number of nitrogens with zero attached hydrogens (tertiary/aromatic N) is 1. The molecule has 1 aliphatic rings. The summed E-state index contributed by atoms with van der Waals surface area (Å²) in [5.74, 6) is 0.0465. The third kappa shape index (κ3) is 5.84. The van der Waals surface area contributed by atoms with Crippen LogP contribution in [0.5, 0.6) is 0 Å². The Kier molecular flexibility index (Phi) is 7.06. The predicted molar refractivity (Wildman–Crippen MR) is 104 cm³/mol. The van der Waals surface area contributed by atoms with Gasteiger partial charge in [0.15, 0.2) is 0 Å². The molecule has 1 N–H and O–H groups in total. The first-order valence-electron chi connectivity index (χ1n) is 9.07. The van der Waals surface area contributed by atoms with Gasteiger partial charge in [-0.1, -0.05) is 54.1 Å². The van der Waals surface area contributed by atoms with Crippen LogP contribution in [0.2, 0.25) is 5.02 Å². The van der Waals surface area contributed by atoms with Crippen molar-refractivity contribution >= 4 is 17.5 Å². The third-order valence-electron chi connectivity index (χ3n) is 4.68. The third-order valence-corrected chi connectivity index (χ3v) is 4.91. The van der Waals surface area contributed by atoms with Gasteiger partial charge in [-0.2, -0.15) is 0 Å². The number of rotatable bonds is 7. The number of ether oxygens (including phenoxy) is 1. The molecule has 1 fully saturated rings. The summed E-state index contributed by atoms with van der Waals surface area (Å²) in [5.41, 5.74) is 2.33. The van der Waals surface area contributed by atoms with Crippen LogP contribution in [0.3, 0.4) is 0 Å². The molecule has 0 saturated carbocycles. The van der Waals surface area contributed by atoms with E-state index in [-0.39, 0.29) is 11.9 Å². The number of carbonyl (C=O) groups excluding carboxylic acids is 1. The van der Waals surface area contributed by atoms with Crippen LogP contribution >= 0.6 is 11.6 Å². The van der Waals surface area contributed by atoms with Gasteiger partial charge in [-0.15, -0.1) is 0 Å². The van der Waals surface area contributed by atoms with Crippen molar-refractivity contribution in [2.24, 2.45) is 0 Å². The molecule has 0 aliphatic carbocycles. The van der Waals surface area contributed by atoms with Crippen LogP contribution in [0.4, 0.5) is 0 Å². The second-order valence-electron chi connectivity index (χ2n) is 6.61. The Bertz CT molecular complexity index is 708. The fourth-order valence-corrected chi connectivity index (χ4v) is 3.44. The average molecular weight is 373 g/mol. The lowest BCUT2D eigenvalue weighted by Crippen LogP contribution is -2.48. The van der Waals surface area contributed by atoms with Crippen LogP contribution in [0.15, 0.2) is 54.6 Å². The highest BCUT2D eigenvalue weighted by Gasteiger charge is 2.25. The number of amides is 1. The zero-order valence-corrected chi connectivity index (χ0v) is 15.6. The molecule has 26 heavy (non-hydrogen) atoms. The van der Waals surface area contributed by atoms with Crippen molar-refractivity contribution in [2.45, 2.75) is 25.4 Å². The highest BCUT2D eigenvalue weighted by atomic mass is 35.5. The lowest BCUT2D eigenvalue weighted by Gasteiger charge is -2.35. The predicted octanol–water partition coefficient (Wildman–Crippen LogP) is 3.29. The first kappa shape index (κ1) is 18.9. The van der Waals surface area contributed by atoms with Gasteiger partial charge < -0.3 is 10.1 Å². The van der Waals surface area contributed by atoms with E-state index in [1.165, 1.54) is 5.56 Å². The van der Waals surface area contributed by atoms with Crippen molar-refractivity contribution in [3.8, 4) is 0 Å². The number of carbonyl (C=O) groups is 1. The zero-order valence-electron chi connectivity index (χ0n) is 14.9. The number of hydrogen-bond acceptors (Lipinski definition) is 3. The highest BCUT2D eigenvalue weighted by molar-refractivity contribution is 6.30. The minimum absolute atomic E-state index is 0.0465. The Morgan fingerprint density at radius 1 is 1.15 bits per heavy atom. The van der Waals surface area contributed by atoms with Crippen LogP contribution in [-0.4, -0.2) is 43.2 Å². The monoisotopic (exact) mass is 372 g/mol. The second-order valence-corrected chi connectivity index (χ2v) is 7.05. The maximum atomic E-state index is 12.4. The number of halogens is 1. The van der Waals surface area contributed by atoms with Gasteiger partial charge in [-0.25, -0.2) is 0 Å². The molecular formula is C21H25ClN2O2. The molecule has 1 saturated heterocycles. The Labute approximate surface area is 160 Å². The van der Waals surface area contributed by atoms with E-state index in [2.05, 4.69) is 34.5 Å². The fraction of sp³-hybridized carbons (Fsp3) is 0.381. The SMILES string of the molecule is O=C(C[C@H]1COCCN1CCc1ccccc1)NCc1cccc(Cl)c1. The van der Waals surface area contributed by atoms with Crippen LogP contribution in [0.1, 0.15) is 17.5 Å².